The molecule has 0 spiro atoms. The number of hydrogen-bond acceptors (Lipinski definition) is 2. The summed E-state index contributed by atoms with van der Waals surface area (Å²) in [6.07, 6.45) is 2.14. The van der Waals surface area contributed by atoms with Gasteiger partial charge >= 0.3 is 14.5 Å². The van der Waals surface area contributed by atoms with Crippen LogP contribution in [0.25, 0.3) is 0 Å². The van der Waals surface area contributed by atoms with Gasteiger partial charge in [0.25, 0.3) is 0 Å². The Kier molecular flexibility index (Phi) is 11.6. The predicted molar refractivity (Wildman–Crippen MR) is 170 cm³/mol. The van der Waals surface area contributed by atoms with E-state index in [0.717, 1.165) is 12.8 Å². The Labute approximate surface area is 266 Å². The van der Waals surface area contributed by atoms with Gasteiger partial charge in [-0.3, -0.25) is 0 Å². The van der Waals surface area contributed by atoms with Crippen molar-refractivity contribution in [2.75, 3.05) is 0 Å². The average molecular weight is 688 g/mol. The smallest absolute Gasteiger partial charge is 0.418 e. The molecule has 6 rings (SSSR count). The Morgan fingerprint density at radius 1 is 0.455 bits per heavy atom. The highest BCUT2D eigenvalue weighted by molar-refractivity contribution is 8.08. The second-order valence-electron chi connectivity index (χ2n) is 9.15. The summed E-state index contributed by atoms with van der Waals surface area (Å²) < 4.78 is 78.0. The van der Waals surface area contributed by atoms with E-state index in [0.29, 0.717) is 0 Å². The van der Waals surface area contributed by atoms with Crippen LogP contribution in [0.2, 0.25) is 0 Å². The number of hydrogen-bond donors (Lipinski definition) is 0. The van der Waals surface area contributed by atoms with Gasteiger partial charge in [0.2, 0.25) is 0 Å². The monoisotopic (exact) mass is 688 g/mol. The van der Waals surface area contributed by atoms with E-state index >= 15 is 0 Å². The number of benzene rings is 4. The van der Waals surface area contributed by atoms with Crippen molar-refractivity contribution >= 4 is 59.8 Å². The minimum absolute atomic E-state index is 0.0586. The molecule has 0 aliphatic carbocycles. The van der Waals surface area contributed by atoms with Crippen molar-refractivity contribution in [2.24, 2.45) is 0 Å². The van der Waals surface area contributed by atoms with Crippen LogP contribution in [0.15, 0.2) is 146 Å². The number of fused-ring (bicyclic) bond motifs is 4. The second kappa shape index (κ2) is 14.8. The molecule has 2 heterocycles. The quantitative estimate of drug-likeness (QED) is 0.119. The summed E-state index contributed by atoms with van der Waals surface area (Å²) in [6.45, 7) is 4.73. The Morgan fingerprint density at radius 3 is 0.864 bits per heavy atom. The summed E-state index contributed by atoms with van der Waals surface area (Å²) in [5, 5.41) is 0. The van der Waals surface area contributed by atoms with Crippen LogP contribution in [0.4, 0.5) is 34.5 Å². The molecule has 0 N–H and O–H groups in total. The van der Waals surface area contributed by atoms with Gasteiger partial charge in [-0.25, -0.2) is 0 Å². The van der Waals surface area contributed by atoms with Crippen LogP contribution in [0.3, 0.4) is 0 Å². The molecule has 2 aliphatic rings. The highest BCUT2D eigenvalue weighted by atomic mass is 32.2. The van der Waals surface area contributed by atoms with E-state index in [-0.39, 0.29) is 21.8 Å². The summed E-state index contributed by atoms with van der Waals surface area (Å²) in [7, 11) is -12.1. The van der Waals surface area contributed by atoms with E-state index in [1.54, 1.807) is 9.81 Å². The van der Waals surface area contributed by atoms with Gasteiger partial charge in [-0.1, -0.05) is 85.9 Å². The first-order valence-electron chi connectivity index (χ1n) is 13.5. The first kappa shape index (κ1) is 34.5. The normalized spacial score (nSPS) is 14.8. The summed E-state index contributed by atoms with van der Waals surface area (Å²) >= 11 is 3.86. The fourth-order valence-corrected chi connectivity index (χ4v) is 13.3. The average Bonchev–Trinajstić information content (AvgIpc) is 2.96. The van der Waals surface area contributed by atoms with Crippen molar-refractivity contribution in [3.63, 3.8) is 0 Å². The third-order valence-electron chi connectivity index (χ3n) is 6.16. The molecule has 232 valence electrons. The molecule has 0 saturated heterocycles. The molecule has 0 radical (unpaired) electrons. The van der Waals surface area contributed by atoms with Crippen LogP contribution in [0.1, 0.15) is 26.7 Å². The molecule has 0 nitrogen and oxygen atoms in total. The molecule has 4 aromatic carbocycles. The first-order chi connectivity index (χ1) is 20.8. The third kappa shape index (κ3) is 8.86. The summed E-state index contributed by atoms with van der Waals surface area (Å²) in [6, 6.07) is 36.3. The largest absolute Gasteiger partial charge is 0.673 e. The van der Waals surface area contributed by atoms with Crippen LogP contribution in [-0.4, -0.2) is 14.5 Å². The van der Waals surface area contributed by atoms with Crippen molar-refractivity contribution in [1.82, 2.24) is 0 Å². The highest BCUT2D eigenvalue weighted by Gasteiger charge is 2.47. The molecule has 0 amide bonds. The highest BCUT2D eigenvalue weighted by Crippen LogP contribution is 2.53. The molecular weight excluding hydrogens is 662 g/mol. The lowest BCUT2D eigenvalue weighted by Crippen LogP contribution is -2.19. The third-order valence-corrected chi connectivity index (χ3v) is 14.4. The van der Waals surface area contributed by atoms with E-state index in [9.17, 15) is 34.5 Å². The van der Waals surface area contributed by atoms with Gasteiger partial charge in [-0.15, -0.1) is 0 Å². The second-order valence-corrected chi connectivity index (χ2v) is 15.3. The molecule has 0 saturated carbocycles. The summed E-state index contributed by atoms with van der Waals surface area (Å²) in [5.74, 6) is 0. The molecule has 0 fully saturated rings. The fourth-order valence-electron chi connectivity index (χ4n) is 4.73. The molecule has 44 heavy (non-hydrogen) atoms. The first-order valence-corrected chi connectivity index (χ1v) is 17.6. The Hall–Kier alpha value is -2.41. The summed E-state index contributed by atoms with van der Waals surface area (Å²) in [4.78, 5) is 14.9. The Balaban J connectivity index is 0.000000386. The van der Waals surface area contributed by atoms with Gasteiger partial charge in [-0.2, -0.15) is 0 Å². The molecule has 0 atom stereocenters. The van der Waals surface area contributed by atoms with Crippen molar-refractivity contribution in [1.29, 1.82) is 0 Å². The van der Waals surface area contributed by atoms with Gasteiger partial charge in [0.15, 0.2) is 29.4 Å². The molecule has 2 aliphatic heterocycles. The lowest BCUT2D eigenvalue weighted by molar-refractivity contribution is 0.366. The van der Waals surface area contributed by atoms with Crippen molar-refractivity contribution < 1.29 is 34.5 Å². The maximum Gasteiger partial charge on any atom is 0.673 e. The van der Waals surface area contributed by atoms with Gasteiger partial charge in [0, 0.05) is 12.8 Å². The maximum atomic E-state index is 9.75. The van der Waals surface area contributed by atoms with E-state index in [1.807, 2.05) is 23.5 Å². The fraction of sp³-hybridized carbons (Fsp3) is 0.133. The van der Waals surface area contributed by atoms with Gasteiger partial charge in [0.05, 0.1) is 19.6 Å². The van der Waals surface area contributed by atoms with Crippen molar-refractivity contribution in [2.45, 2.75) is 65.9 Å². The minimum Gasteiger partial charge on any atom is -0.418 e. The molecule has 14 heteroatoms. The molecule has 0 unspecified atom stereocenters. The van der Waals surface area contributed by atoms with E-state index in [1.165, 1.54) is 39.2 Å². The van der Waals surface area contributed by atoms with Gasteiger partial charge in [0.1, 0.15) is 21.8 Å². The van der Waals surface area contributed by atoms with Crippen LogP contribution in [0.5, 0.6) is 0 Å². The SMILES string of the molecule is CC/C(=C(/CC)[S+]1c2ccccc2Sc2ccccc21)[S+]1c2ccccc2Sc2ccccc21.F[B-](F)(F)F.F[B-](F)(F)F. The zero-order chi connectivity index (χ0) is 32.1. The molecule has 0 aromatic heterocycles. The molecule has 4 aromatic rings. The minimum atomic E-state index is -6.00. The topological polar surface area (TPSA) is 0 Å². The lowest BCUT2D eigenvalue weighted by atomic mass is 10.3. The predicted octanol–water partition coefficient (Wildman–Crippen LogP) is 12.0. The zero-order valence-corrected chi connectivity index (χ0v) is 26.7. The van der Waals surface area contributed by atoms with Gasteiger partial charge in [-0.05, 0) is 48.5 Å². The van der Waals surface area contributed by atoms with E-state index < -0.39 is 14.5 Å². The van der Waals surface area contributed by atoms with E-state index in [4.69, 9.17) is 0 Å². The van der Waals surface area contributed by atoms with Crippen LogP contribution < -0.4 is 0 Å². The van der Waals surface area contributed by atoms with Crippen molar-refractivity contribution in [3.8, 4) is 0 Å². The zero-order valence-electron chi connectivity index (χ0n) is 23.5. The standard InChI is InChI=1S/C30H26S4.2BF4/c1-3-25(33-27-17-9-5-13-21(27)31-22-14-6-10-18-28(22)33)26(4-2)34-29-19-11-7-15-23(29)32-24-16-8-12-20-30(24)34;2*2-1(3,4)5/h5-20H,3-4H2,1-2H3;;/q+2;2*-1/b26-25+;;. The maximum absolute atomic E-state index is 9.75. The summed E-state index contributed by atoms with van der Waals surface area (Å²) in [5.41, 5.74) is 0. The lowest BCUT2D eigenvalue weighted by Gasteiger charge is -2.23. The van der Waals surface area contributed by atoms with E-state index in [2.05, 4.69) is 111 Å². The Bertz CT molecular complexity index is 1400. The molecule has 0 bridgehead atoms. The Morgan fingerprint density at radius 2 is 0.659 bits per heavy atom. The van der Waals surface area contributed by atoms with Gasteiger partial charge < -0.3 is 34.5 Å². The number of rotatable bonds is 4. The molecular formula is C30H26B2F8S4. The van der Waals surface area contributed by atoms with Crippen LogP contribution >= 0.6 is 23.5 Å². The van der Waals surface area contributed by atoms with Crippen LogP contribution in [0, 0.1) is 0 Å². The van der Waals surface area contributed by atoms with Crippen LogP contribution in [-0.2, 0) is 21.8 Å². The number of halogens is 8. The number of allylic oxidation sites excluding steroid dienone is 2. The van der Waals surface area contributed by atoms with Crippen molar-refractivity contribution in [3.05, 3.63) is 107 Å².